The Morgan fingerprint density at radius 1 is 1.50 bits per heavy atom. The van der Waals surface area contributed by atoms with Crippen molar-refractivity contribution < 1.29 is 51.2 Å². The molecule has 0 fully saturated rings. The summed E-state index contributed by atoms with van der Waals surface area (Å²) in [6, 6.07) is 0. The third kappa shape index (κ3) is 145. The molecule has 6 heavy (non-hydrogen) atoms. The summed E-state index contributed by atoms with van der Waals surface area (Å²) in [7, 11) is 0. The zero-order valence-corrected chi connectivity index (χ0v) is 6.42. The van der Waals surface area contributed by atoms with Crippen molar-refractivity contribution in [1.82, 2.24) is 0 Å². The molecule has 0 aliphatic carbocycles. The Bertz CT molecular complexity index is 24.8. The molecule has 4 nitrogen and oxygen atoms in total. The predicted octanol–water partition coefficient (Wildman–Crippen LogP) is 0.0182. The van der Waals surface area contributed by atoms with Crippen LogP contribution in [0.15, 0.2) is 5.34 Å². The van der Waals surface area contributed by atoms with Gasteiger partial charge in [0.05, 0.1) is 0 Å². The van der Waals surface area contributed by atoms with Crippen LogP contribution < -0.4 is 0 Å². The van der Waals surface area contributed by atoms with Crippen LogP contribution in [-0.2, 0) is 46.0 Å². The number of nitrogens with zero attached hydrogens (tertiary/aromatic N) is 1. The van der Waals surface area contributed by atoms with Gasteiger partial charge in [-0.2, -0.15) is 0 Å². The van der Waals surface area contributed by atoms with E-state index in [4.69, 9.17) is 13.4 Å². The predicted molar refractivity (Wildman–Crippen MR) is 8.27 cm³/mol. The van der Waals surface area contributed by atoms with E-state index in [-0.39, 0.29) is 21.7 Å². The van der Waals surface area contributed by atoms with Crippen molar-refractivity contribution in [2.24, 2.45) is 5.34 Å². The Morgan fingerprint density at radius 3 is 1.50 bits per heavy atom. The summed E-state index contributed by atoms with van der Waals surface area (Å²) in [5.74, 6) is 0. The van der Waals surface area contributed by atoms with Gasteiger partial charge in [0.1, 0.15) is 0 Å². The molecule has 0 saturated carbocycles. The van der Waals surface area contributed by atoms with E-state index in [0.717, 1.165) is 0 Å². The van der Waals surface area contributed by atoms with Crippen molar-refractivity contribution in [1.29, 1.82) is 0 Å². The van der Waals surface area contributed by atoms with Gasteiger partial charge in [0.25, 0.3) is 0 Å². The average molecular weight is 204 g/mol. The quantitative estimate of drug-likeness (QED) is 0.343. The number of hydrogen-bond donors (Lipinski definition) is 1. The molecule has 6 heteroatoms. The zero-order valence-electron chi connectivity index (χ0n) is 2.66. The van der Waals surface area contributed by atoms with Gasteiger partial charge in [-0.05, 0) is 0 Å². The van der Waals surface area contributed by atoms with Crippen LogP contribution in [0.1, 0.15) is 0 Å². The molecule has 0 aromatic heterocycles. The van der Waals surface area contributed by atoms with Crippen molar-refractivity contribution in [3.05, 3.63) is 4.91 Å². The molecular weight excluding hydrogens is 203 g/mol. The minimum Gasteiger partial charge on any atom is 0 e. The van der Waals surface area contributed by atoms with E-state index < -0.39 is 0 Å². The first-order valence-electron chi connectivity index (χ1n) is 0.565. The Hall–Kier alpha value is 0.655. The van der Waals surface area contributed by atoms with Crippen LogP contribution in [0.5, 0.6) is 0 Å². The summed E-state index contributed by atoms with van der Waals surface area (Å²) in [4.78, 5) is 8.11. The summed E-state index contributed by atoms with van der Waals surface area (Å²) < 4.78 is 8.30. The summed E-state index contributed by atoms with van der Waals surface area (Å²) in [5, 5.41) is 7.89. The standard InChI is InChI=1S/HNO2.Nb.O.Ti/c2-1-3;;;/h(H,2,3);;;. The molecule has 0 aliphatic heterocycles. The van der Waals surface area contributed by atoms with Gasteiger partial charge in [0, 0.05) is 21.7 Å². The number of hydrogen-bond acceptors (Lipinski definition) is 3. The van der Waals surface area contributed by atoms with Crippen LogP contribution in [-0.4, -0.2) is 5.21 Å². The van der Waals surface area contributed by atoms with Crippen LogP contribution in [0.2, 0.25) is 0 Å². The van der Waals surface area contributed by atoms with E-state index in [1.165, 1.54) is 5.34 Å². The molecular formula is HNNbO3Ti. The van der Waals surface area contributed by atoms with E-state index >= 15 is 0 Å². The van der Waals surface area contributed by atoms with E-state index in [2.05, 4.69) is 0 Å². The van der Waals surface area contributed by atoms with E-state index in [9.17, 15) is 0 Å². The van der Waals surface area contributed by atoms with Gasteiger partial charge in [-0.3, -0.25) is 0 Å². The Kier molecular flexibility index (Phi) is 119. The molecule has 0 rings (SSSR count). The second kappa shape index (κ2) is 44.8. The largest absolute Gasteiger partial charge is 0 e. The van der Waals surface area contributed by atoms with Crippen molar-refractivity contribution in [2.45, 2.75) is 0 Å². The molecule has 0 aromatic carbocycles. The summed E-state index contributed by atoms with van der Waals surface area (Å²) in [6.07, 6.45) is 0. The normalized spacial score (nSPS) is 2.50. The second-order valence-corrected chi connectivity index (χ2v) is 0.0816. The molecule has 0 radical (unpaired) electrons. The first-order chi connectivity index (χ1) is 2.41. The molecule has 0 spiro atoms. The van der Waals surface area contributed by atoms with Crippen molar-refractivity contribution in [2.75, 3.05) is 0 Å². The molecule has 0 aliphatic rings. The summed E-state index contributed by atoms with van der Waals surface area (Å²) >= 11 is 0.500. The third-order valence-corrected chi connectivity index (χ3v) is 0. The number of rotatable bonds is 0. The van der Waals surface area contributed by atoms with Gasteiger partial charge >= 0.3 is 24.3 Å². The Labute approximate surface area is 61.4 Å². The molecule has 0 amide bonds. The second-order valence-electron chi connectivity index (χ2n) is 0.0816. The van der Waals surface area contributed by atoms with E-state index in [0.29, 0.717) is 21.0 Å². The molecule has 0 unspecified atom stereocenters. The minimum absolute atomic E-state index is 0. The molecule has 0 bridgehead atoms. The van der Waals surface area contributed by atoms with Crippen LogP contribution in [0.4, 0.5) is 0 Å². The smallest absolute Gasteiger partial charge is 0 e. The maximum absolute atomic E-state index is 8.30. The fourth-order valence-corrected chi connectivity index (χ4v) is 0. The monoisotopic (exact) mass is 204 g/mol. The maximum atomic E-state index is 8.30. The van der Waals surface area contributed by atoms with Gasteiger partial charge in [-0.25, -0.2) is 0 Å². The molecule has 33 valence electrons. The maximum Gasteiger partial charge on any atom is 0 e. The van der Waals surface area contributed by atoms with Crippen LogP contribution >= 0.6 is 0 Å². The first kappa shape index (κ1) is 15.9. The summed E-state index contributed by atoms with van der Waals surface area (Å²) in [6.45, 7) is 0. The van der Waals surface area contributed by atoms with Crippen LogP contribution in [0.25, 0.3) is 0 Å². The Balaban J connectivity index is -0.0000000275. The van der Waals surface area contributed by atoms with Gasteiger partial charge in [-0.1, -0.05) is 0 Å². The van der Waals surface area contributed by atoms with Gasteiger partial charge in [0.15, 0.2) is 5.34 Å². The average Bonchev–Trinajstić information content (AvgIpc) is 1.46. The summed E-state index contributed by atoms with van der Waals surface area (Å²) in [5.41, 5.74) is 0. The Morgan fingerprint density at radius 2 is 1.50 bits per heavy atom. The fraction of sp³-hybridized carbons (Fsp3) is 0. The van der Waals surface area contributed by atoms with E-state index in [1.807, 2.05) is 0 Å². The first-order valence-corrected chi connectivity index (χ1v) is 1.46. The van der Waals surface area contributed by atoms with Gasteiger partial charge < -0.3 is 5.21 Å². The minimum atomic E-state index is 0. The molecule has 0 saturated heterocycles. The van der Waals surface area contributed by atoms with E-state index in [1.54, 1.807) is 0 Å². The SMILES string of the molecule is O=NO.[O]=[Nb].[Ti]. The molecule has 1 N–H and O–H groups in total. The van der Waals surface area contributed by atoms with Crippen LogP contribution in [0, 0.1) is 4.91 Å². The molecule has 0 aromatic rings. The fourth-order valence-electron chi connectivity index (χ4n) is 0. The third-order valence-electron chi connectivity index (χ3n) is 0. The van der Waals surface area contributed by atoms with Crippen molar-refractivity contribution in [3.63, 3.8) is 0 Å². The molecule has 0 heterocycles. The topological polar surface area (TPSA) is 66.7 Å². The van der Waals surface area contributed by atoms with Crippen molar-refractivity contribution in [3.8, 4) is 0 Å². The zero-order chi connectivity index (χ0) is 4.71. The van der Waals surface area contributed by atoms with Gasteiger partial charge in [0.2, 0.25) is 0 Å². The van der Waals surface area contributed by atoms with Gasteiger partial charge in [-0.15, -0.1) is 4.91 Å². The molecule has 0 atom stereocenters. The van der Waals surface area contributed by atoms with Crippen molar-refractivity contribution >= 4 is 0 Å². The van der Waals surface area contributed by atoms with Crippen LogP contribution in [0.3, 0.4) is 0 Å².